The Kier molecular flexibility index (Phi) is 6.28. The van der Waals surface area contributed by atoms with E-state index in [2.05, 4.69) is 81.9 Å². The summed E-state index contributed by atoms with van der Waals surface area (Å²) in [4.78, 5) is 0. The summed E-state index contributed by atoms with van der Waals surface area (Å²) in [5, 5.41) is 6.21. The predicted octanol–water partition coefficient (Wildman–Crippen LogP) is 9.66. The van der Waals surface area contributed by atoms with E-state index in [0.29, 0.717) is 15.9 Å². The summed E-state index contributed by atoms with van der Waals surface area (Å²) in [6, 6.07) is 55.7. The van der Waals surface area contributed by atoms with Crippen LogP contribution in [0.2, 0.25) is 0 Å². The minimum Gasteiger partial charge on any atom is -0.309 e. The second-order valence-corrected chi connectivity index (χ2v) is 14.6. The zero-order valence-electron chi connectivity index (χ0n) is 25.3. The molecule has 2 heterocycles. The maximum absolute atomic E-state index is 15.9. The number of hydrogen-bond acceptors (Lipinski definition) is 1. The molecule has 0 radical (unpaired) electrons. The lowest BCUT2D eigenvalue weighted by atomic mass is 10.1. The average Bonchev–Trinajstić information content (AvgIpc) is 3.64. The molecule has 0 saturated heterocycles. The van der Waals surface area contributed by atoms with Gasteiger partial charge < -0.3 is 13.7 Å². The Morgan fingerprint density at radius 2 is 0.766 bits per heavy atom. The van der Waals surface area contributed by atoms with E-state index in [9.17, 15) is 4.39 Å². The molecule has 0 saturated carbocycles. The van der Waals surface area contributed by atoms with Gasteiger partial charge in [-0.25, -0.2) is 4.39 Å². The standard InChI is InChI=1S/C42H28FN2OP/c43-29-19-21-32(22-20-29)47(46,33-23-25-41-37(27-33)35-15-7-9-17-39(35)44(41)30-11-3-1-4-12-30)34-24-26-42-38(28-34)36-16-8-10-18-40(36)45(42)31-13-5-2-6-14-31/h1-28H. The zero-order chi connectivity index (χ0) is 31.5. The quantitative estimate of drug-likeness (QED) is 0.175. The normalized spacial score (nSPS) is 12.0. The minimum atomic E-state index is -3.47. The molecule has 0 amide bonds. The van der Waals surface area contributed by atoms with Crippen LogP contribution in [0.25, 0.3) is 55.0 Å². The molecule has 0 fully saturated rings. The Bertz CT molecular complexity index is 2500. The third-order valence-corrected chi connectivity index (χ3v) is 12.3. The lowest BCUT2D eigenvalue weighted by Crippen LogP contribution is -2.25. The summed E-state index contributed by atoms with van der Waals surface area (Å²) in [6.45, 7) is 0. The highest BCUT2D eigenvalue weighted by molar-refractivity contribution is 7.85. The third kappa shape index (κ3) is 4.22. The summed E-state index contributed by atoms with van der Waals surface area (Å²) < 4.78 is 34.7. The maximum Gasteiger partial charge on any atom is 0.171 e. The molecule has 0 aliphatic carbocycles. The summed E-state index contributed by atoms with van der Waals surface area (Å²) in [6.07, 6.45) is 0. The number of hydrogen-bond donors (Lipinski definition) is 0. The van der Waals surface area contributed by atoms with Crippen LogP contribution in [0.1, 0.15) is 0 Å². The Hall–Kier alpha value is -5.70. The van der Waals surface area contributed by atoms with Gasteiger partial charge in [0.25, 0.3) is 0 Å². The first-order valence-corrected chi connectivity index (χ1v) is 17.4. The van der Waals surface area contributed by atoms with E-state index in [1.807, 2.05) is 72.8 Å². The van der Waals surface area contributed by atoms with Gasteiger partial charge in [-0.3, -0.25) is 0 Å². The molecule has 47 heavy (non-hydrogen) atoms. The lowest BCUT2D eigenvalue weighted by molar-refractivity contribution is 0.592. The van der Waals surface area contributed by atoms with Gasteiger partial charge in [0.05, 0.1) is 22.1 Å². The van der Waals surface area contributed by atoms with Gasteiger partial charge in [0.1, 0.15) is 5.82 Å². The molecule has 9 aromatic rings. The van der Waals surface area contributed by atoms with Gasteiger partial charge >= 0.3 is 0 Å². The summed E-state index contributed by atoms with van der Waals surface area (Å²) in [5.41, 5.74) is 6.36. The van der Waals surface area contributed by atoms with Gasteiger partial charge in [-0.05, 0) is 97.1 Å². The Morgan fingerprint density at radius 1 is 0.383 bits per heavy atom. The smallest absolute Gasteiger partial charge is 0.171 e. The van der Waals surface area contributed by atoms with Gasteiger partial charge in [-0.2, -0.15) is 0 Å². The van der Waals surface area contributed by atoms with E-state index in [-0.39, 0.29) is 5.82 Å². The van der Waals surface area contributed by atoms with Gasteiger partial charge in [0, 0.05) is 48.8 Å². The van der Waals surface area contributed by atoms with Crippen LogP contribution in [-0.2, 0) is 4.57 Å². The SMILES string of the molecule is O=P(c1ccc(F)cc1)(c1ccc2c(c1)c1ccccc1n2-c1ccccc1)c1ccc2c(c1)c1ccccc1n2-c1ccccc1. The average molecular weight is 627 g/mol. The van der Waals surface area contributed by atoms with Gasteiger partial charge in [0.2, 0.25) is 0 Å². The van der Waals surface area contributed by atoms with Gasteiger partial charge in [0.15, 0.2) is 7.14 Å². The molecule has 3 nitrogen and oxygen atoms in total. The van der Waals surface area contributed by atoms with Crippen LogP contribution < -0.4 is 15.9 Å². The highest BCUT2D eigenvalue weighted by Gasteiger charge is 2.32. The van der Waals surface area contributed by atoms with Crippen molar-refractivity contribution >= 4 is 66.7 Å². The van der Waals surface area contributed by atoms with Crippen LogP contribution in [0.5, 0.6) is 0 Å². The number of para-hydroxylation sites is 4. The van der Waals surface area contributed by atoms with Crippen molar-refractivity contribution in [1.82, 2.24) is 9.13 Å². The molecule has 0 unspecified atom stereocenters. The highest BCUT2D eigenvalue weighted by Crippen LogP contribution is 2.45. The second kappa shape index (κ2) is 10.7. The van der Waals surface area contributed by atoms with Crippen LogP contribution >= 0.6 is 7.14 Å². The van der Waals surface area contributed by atoms with Crippen LogP contribution in [0.15, 0.2) is 170 Å². The van der Waals surface area contributed by atoms with Crippen molar-refractivity contribution in [3.05, 3.63) is 176 Å². The summed E-state index contributed by atoms with van der Waals surface area (Å²) in [7, 11) is -3.47. The molecule has 5 heteroatoms. The lowest BCUT2D eigenvalue weighted by Gasteiger charge is -2.21. The van der Waals surface area contributed by atoms with E-state index in [1.54, 1.807) is 12.1 Å². The fourth-order valence-electron chi connectivity index (χ4n) is 7.12. The topological polar surface area (TPSA) is 26.9 Å². The molecule has 0 bridgehead atoms. The van der Waals surface area contributed by atoms with Gasteiger partial charge in [-0.1, -0.05) is 72.8 Å². The molecular formula is C42H28FN2OP. The number of rotatable bonds is 5. The van der Waals surface area contributed by atoms with E-state index in [4.69, 9.17) is 0 Å². The number of halogens is 1. The Labute approximate surface area is 271 Å². The van der Waals surface area contributed by atoms with Crippen molar-refractivity contribution < 1.29 is 8.96 Å². The molecule has 2 aromatic heterocycles. The van der Waals surface area contributed by atoms with E-state index in [0.717, 1.165) is 55.0 Å². The van der Waals surface area contributed by atoms with Crippen molar-refractivity contribution in [3.8, 4) is 11.4 Å². The van der Waals surface area contributed by atoms with E-state index in [1.165, 1.54) is 12.1 Å². The molecule has 0 aliphatic heterocycles. The van der Waals surface area contributed by atoms with E-state index >= 15 is 4.57 Å². The molecular weight excluding hydrogens is 598 g/mol. The fraction of sp³-hybridized carbons (Fsp3) is 0. The predicted molar refractivity (Wildman–Crippen MR) is 194 cm³/mol. The highest BCUT2D eigenvalue weighted by atomic mass is 31.2. The summed E-state index contributed by atoms with van der Waals surface area (Å²) >= 11 is 0. The van der Waals surface area contributed by atoms with Crippen LogP contribution in [0.3, 0.4) is 0 Å². The first-order chi connectivity index (χ1) is 23.1. The molecule has 0 aliphatic rings. The van der Waals surface area contributed by atoms with Crippen molar-refractivity contribution in [2.24, 2.45) is 0 Å². The molecule has 0 N–H and O–H groups in total. The largest absolute Gasteiger partial charge is 0.309 e. The van der Waals surface area contributed by atoms with E-state index < -0.39 is 7.14 Å². The zero-order valence-corrected chi connectivity index (χ0v) is 26.2. The van der Waals surface area contributed by atoms with Crippen LogP contribution in [0.4, 0.5) is 4.39 Å². The molecule has 7 aromatic carbocycles. The van der Waals surface area contributed by atoms with Crippen molar-refractivity contribution in [2.45, 2.75) is 0 Å². The van der Waals surface area contributed by atoms with Gasteiger partial charge in [-0.15, -0.1) is 0 Å². The van der Waals surface area contributed by atoms with Crippen molar-refractivity contribution in [2.75, 3.05) is 0 Å². The molecule has 0 atom stereocenters. The maximum atomic E-state index is 15.9. The monoisotopic (exact) mass is 626 g/mol. The molecule has 224 valence electrons. The fourth-order valence-corrected chi connectivity index (χ4v) is 9.78. The summed E-state index contributed by atoms with van der Waals surface area (Å²) in [5.74, 6) is -0.358. The number of nitrogens with zero attached hydrogens (tertiary/aromatic N) is 2. The number of benzene rings is 7. The molecule has 0 spiro atoms. The second-order valence-electron chi connectivity index (χ2n) is 11.9. The number of fused-ring (bicyclic) bond motifs is 6. The number of aromatic nitrogens is 2. The van der Waals surface area contributed by atoms with Crippen molar-refractivity contribution in [1.29, 1.82) is 0 Å². The minimum absolute atomic E-state index is 0.358. The van der Waals surface area contributed by atoms with Crippen LogP contribution in [0, 0.1) is 5.82 Å². The first-order valence-electron chi connectivity index (χ1n) is 15.7. The third-order valence-electron chi connectivity index (χ3n) is 9.26. The molecule has 9 rings (SSSR count). The first kappa shape index (κ1) is 27.6. The van der Waals surface area contributed by atoms with Crippen molar-refractivity contribution in [3.63, 3.8) is 0 Å². The Morgan fingerprint density at radius 3 is 1.23 bits per heavy atom. The Balaban J connectivity index is 1.32. The van der Waals surface area contributed by atoms with Crippen LogP contribution in [-0.4, -0.2) is 9.13 Å².